The molecule has 1 aromatic heterocycles. The number of benzene rings is 1. The molecule has 0 aliphatic heterocycles. The Balaban J connectivity index is 2.53. The van der Waals surface area contributed by atoms with Crippen molar-refractivity contribution in [2.24, 2.45) is 5.73 Å². The van der Waals surface area contributed by atoms with E-state index in [0.29, 0.717) is 6.54 Å². The number of fused-ring (bicyclic) bond motifs is 1. The Hall–Kier alpha value is -0.870. The summed E-state index contributed by atoms with van der Waals surface area (Å²) in [5.41, 5.74) is 7.75. The Morgan fingerprint density at radius 2 is 2.27 bits per heavy atom. The third-order valence-electron chi connectivity index (χ3n) is 2.48. The van der Waals surface area contributed by atoms with Crippen molar-refractivity contribution in [3.05, 3.63) is 28.4 Å². The average Bonchev–Trinajstić information content (AvgIpc) is 2.54. The lowest BCUT2D eigenvalue weighted by atomic mass is 10.2. The summed E-state index contributed by atoms with van der Waals surface area (Å²) in [6, 6.07) is 6.17. The second kappa shape index (κ2) is 4.33. The number of nitrogens with two attached hydrogens (primary N) is 1. The maximum Gasteiger partial charge on any atom is 0.0696 e. The number of aromatic nitrogens is 2. The molecule has 0 saturated carbocycles. The lowest BCUT2D eigenvalue weighted by Gasteiger charge is -2.01. The SMILES string of the molecule is Cc1nn(CCCN)c2cccc(Br)c12. The minimum absolute atomic E-state index is 0.703. The number of halogens is 1. The smallest absolute Gasteiger partial charge is 0.0696 e. The van der Waals surface area contributed by atoms with E-state index in [4.69, 9.17) is 5.73 Å². The zero-order valence-corrected chi connectivity index (χ0v) is 10.3. The first-order valence-electron chi connectivity index (χ1n) is 5.05. The van der Waals surface area contributed by atoms with Gasteiger partial charge in [0.15, 0.2) is 0 Å². The summed E-state index contributed by atoms with van der Waals surface area (Å²) in [4.78, 5) is 0. The number of rotatable bonds is 3. The van der Waals surface area contributed by atoms with E-state index in [2.05, 4.69) is 27.1 Å². The van der Waals surface area contributed by atoms with Crippen molar-refractivity contribution in [2.75, 3.05) is 6.54 Å². The summed E-state index contributed by atoms with van der Waals surface area (Å²) in [5.74, 6) is 0. The van der Waals surface area contributed by atoms with Gasteiger partial charge in [0.25, 0.3) is 0 Å². The molecule has 0 unspecified atom stereocenters. The Morgan fingerprint density at radius 1 is 1.47 bits per heavy atom. The van der Waals surface area contributed by atoms with Crippen LogP contribution in [0, 0.1) is 6.92 Å². The van der Waals surface area contributed by atoms with Crippen molar-refractivity contribution in [3.8, 4) is 0 Å². The molecule has 0 amide bonds. The molecule has 0 spiro atoms. The van der Waals surface area contributed by atoms with Gasteiger partial charge in [0.1, 0.15) is 0 Å². The van der Waals surface area contributed by atoms with Gasteiger partial charge < -0.3 is 5.73 Å². The first kappa shape index (κ1) is 10.6. The predicted octanol–water partition coefficient (Wildman–Crippen LogP) is 2.46. The quantitative estimate of drug-likeness (QED) is 0.929. The molecule has 0 fully saturated rings. The third kappa shape index (κ3) is 1.92. The zero-order valence-electron chi connectivity index (χ0n) is 8.70. The summed E-state index contributed by atoms with van der Waals surface area (Å²) >= 11 is 3.55. The molecule has 3 nitrogen and oxygen atoms in total. The Bertz CT molecular complexity index is 476. The van der Waals surface area contributed by atoms with Crippen molar-refractivity contribution in [1.29, 1.82) is 0 Å². The molecule has 0 bridgehead atoms. The van der Waals surface area contributed by atoms with Crippen LogP contribution in [0.15, 0.2) is 22.7 Å². The van der Waals surface area contributed by atoms with Gasteiger partial charge in [-0.3, -0.25) is 4.68 Å². The van der Waals surface area contributed by atoms with Gasteiger partial charge in [-0.25, -0.2) is 0 Å². The van der Waals surface area contributed by atoms with Crippen molar-refractivity contribution in [2.45, 2.75) is 19.9 Å². The monoisotopic (exact) mass is 267 g/mol. The largest absolute Gasteiger partial charge is 0.330 e. The van der Waals surface area contributed by atoms with Crippen LogP contribution in [-0.4, -0.2) is 16.3 Å². The average molecular weight is 268 g/mol. The van der Waals surface area contributed by atoms with Gasteiger partial charge in [0.05, 0.1) is 11.2 Å². The van der Waals surface area contributed by atoms with E-state index >= 15 is 0 Å². The first-order valence-corrected chi connectivity index (χ1v) is 5.85. The van der Waals surface area contributed by atoms with Crippen molar-refractivity contribution in [3.63, 3.8) is 0 Å². The minimum Gasteiger partial charge on any atom is -0.330 e. The second-order valence-electron chi connectivity index (χ2n) is 3.58. The van der Waals surface area contributed by atoms with Gasteiger partial charge in [-0.15, -0.1) is 0 Å². The van der Waals surface area contributed by atoms with Gasteiger partial charge in [-0.1, -0.05) is 22.0 Å². The Labute approximate surface area is 97.4 Å². The van der Waals surface area contributed by atoms with Crippen LogP contribution in [0.2, 0.25) is 0 Å². The third-order valence-corrected chi connectivity index (χ3v) is 3.14. The highest BCUT2D eigenvalue weighted by molar-refractivity contribution is 9.10. The summed E-state index contributed by atoms with van der Waals surface area (Å²) in [6.45, 7) is 3.62. The molecular formula is C11H14BrN3. The highest BCUT2D eigenvalue weighted by atomic mass is 79.9. The number of hydrogen-bond acceptors (Lipinski definition) is 2. The number of hydrogen-bond donors (Lipinski definition) is 1. The van der Waals surface area contributed by atoms with Gasteiger partial charge in [-0.05, 0) is 32.0 Å². The highest BCUT2D eigenvalue weighted by Gasteiger charge is 2.08. The van der Waals surface area contributed by atoms with Crippen LogP contribution in [0.3, 0.4) is 0 Å². The molecule has 0 atom stereocenters. The zero-order chi connectivity index (χ0) is 10.8. The molecule has 1 heterocycles. The van der Waals surface area contributed by atoms with Gasteiger partial charge in [0, 0.05) is 16.4 Å². The summed E-state index contributed by atoms with van der Waals surface area (Å²) < 4.78 is 3.14. The summed E-state index contributed by atoms with van der Waals surface area (Å²) in [7, 11) is 0. The van der Waals surface area contributed by atoms with Crippen LogP contribution in [0.5, 0.6) is 0 Å². The van der Waals surface area contributed by atoms with Crippen LogP contribution < -0.4 is 5.73 Å². The summed E-state index contributed by atoms with van der Waals surface area (Å²) in [5, 5.41) is 5.72. The standard InChI is InChI=1S/C11H14BrN3/c1-8-11-9(12)4-2-5-10(11)15(14-8)7-3-6-13/h2,4-5H,3,6-7,13H2,1H3. The summed E-state index contributed by atoms with van der Waals surface area (Å²) in [6.07, 6.45) is 0.961. The second-order valence-corrected chi connectivity index (χ2v) is 4.44. The van der Waals surface area contributed by atoms with E-state index < -0.39 is 0 Å². The Kier molecular flexibility index (Phi) is 3.07. The molecular weight excluding hydrogens is 254 g/mol. The lowest BCUT2D eigenvalue weighted by Crippen LogP contribution is -2.06. The van der Waals surface area contributed by atoms with E-state index in [1.165, 1.54) is 10.9 Å². The molecule has 4 heteroatoms. The molecule has 80 valence electrons. The van der Waals surface area contributed by atoms with Crippen LogP contribution >= 0.6 is 15.9 Å². The van der Waals surface area contributed by atoms with Crippen LogP contribution in [0.4, 0.5) is 0 Å². The van der Waals surface area contributed by atoms with Crippen molar-refractivity contribution in [1.82, 2.24) is 9.78 Å². The molecule has 0 saturated heterocycles. The van der Waals surface area contributed by atoms with E-state index in [0.717, 1.165) is 23.1 Å². The number of aryl methyl sites for hydroxylation is 2. The molecule has 2 N–H and O–H groups in total. The van der Waals surface area contributed by atoms with Crippen molar-refractivity contribution < 1.29 is 0 Å². The van der Waals surface area contributed by atoms with Gasteiger partial charge >= 0.3 is 0 Å². The van der Waals surface area contributed by atoms with Gasteiger partial charge in [0.2, 0.25) is 0 Å². The van der Waals surface area contributed by atoms with E-state index in [-0.39, 0.29) is 0 Å². The fourth-order valence-electron chi connectivity index (χ4n) is 1.78. The van der Waals surface area contributed by atoms with Crippen molar-refractivity contribution >= 4 is 26.8 Å². The molecule has 2 rings (SSSR count). The van der Waals surface area contributed by atoms with Gasteiger partial charge in [-0.2, -0.15) is 5.10 Å². The maximum absolute atomic E-state index is 5.51. The fraction of sp³-hybridized carbons (Fsp3) is 0.364. The first-order chi connectivity index (χ1) is 7.24. The fourth-order valence-corrected chi connectivity index (χ4v) is 2.43. The predicted molar refractivity (Wildman–Crippen MR) is 65.8 cm³/mol. The molecule has 15 heavy (non-hydrogen) atoms. The number of nitrogens with zero attached hydrogens (tertiary/aromatic N) is 2. The molecule has 0 aliphatic carbocycles. The highest BCUT2D eigenvalue weighted by Crippen LogP contribution is 2.26. The van der Waals surface area contributed by atoms with Crippen LogP contribution in [0.1, 0.15) is 12.1 Å². The van der Waals surface area contributed by atoms with E-state index in [1.54, 1.807) is 0 Å². The van der Waals surface area contributed by atoms with Crippen LogP contribution in [0.25, 0.3) is 10.9 Å². The molecule has 1 aromatic carbocycles. The van der Waals surface area contributed by atoms with Crippen LogP contribution in [-0.2, 0) is 6.54 Å². The molecule has 0 radical (unpaired) electrons. The topological polar surface area (TPSA) is 43.8 Å². The maximum atomic E-state index is 5.51. The minimum atomic E-state index is 0.703. The lowest BCUT2D eigenvalue weighted by molar-refractivity contribution is 0.598. The normalized spacial score (nSPS) is 11.1. The van der Waals surface area contributed by atoms with E-state index in [9.17, 15) is 0 Å². The van der Waals surface area contributed by atoms with E-state index in [1.807, 2.05) is 23.7 Å². The molecule has 2 aromatic rings. The molecule has 0 aliphatic rings. The Morgan fingerprint density at radius 3 is 3.00 bits per heavy atom.